The third kappa shape index (κ3) is 2.44. The van der Waals surface area contributed by atoms with Crippen molar-refractivity contribution in [1.29, 1.82) is 0 Å². The molecule has 1 aromatic rings. The van der Waals surface area contributed by atoms with Crippen molar-refractivity contribution in [2.45, 2.75) is 0 Å². The highest BCUT2D eigenvalue weighted by atomic mass is 79.9. The molecule has 64 valence electrons. The van der Waals surface area contributed by atoms with Gasteiger partial charge in [0, 0.05) is 0 Å². The zero-order valence-corrected chi connectivity index (χ0v) is 8.17. The fraction of sp³-hybridized carbons (Fsp3) is 0. The van der Waals surface area contributed by atoms with Crippen molar-refractivity contribution in [3.05, 3.63) is 21.8 Å². The van der Waals surface area contributed by atoms with Gasteiger partial charge in [-0.15, -0.1) is 0 Å². The Labute approximate surface area is 82.4 Å². The van der Waals surface area contributed by atoms with Gasteiger partial charge in [-0.05, 0) is 28.1 Å². The number of nitrogens with one attached hydrogen (secondary N) is 1. The minimum Gasteiger partial charge on any atom is -0.290 e. The van der Waals surface area contributed by atoms with E-state index in [1.54, 1.807) is 17.6 Å². The summed E-state index contributed by atoms with van der Waals surface area (Å²) in [5.74, 6) is 0.421. The Hall–Kier alpha value is -0.650. The minimum atomic E-state index is 0.336. The Morgan fingerprint density at radius 2 is 2.42 bits per heavy atom. The number of aromatic nitrogens is 1. The first-order valence-electron chi connectivity index (χ1n) is 2.98. The number of hydrogen-bond donors (Lipinski definition) is 2. The summed E-state index contributed by atoms with van der Waals surface area (Å²) in [6, 6.07) is 3.38. The number of pyridine rings is 1. The Morgan fingerprint density at radius 3 is 3.00 bits per heavy atom. The lowest BCUT2D eigenvalue weighted by atomic mass is 10.5. The first-order valence-corrected chi connectivity index (χ1v) is 4.15. The number of hydrogen-bond acceptors (Lipinski definition) is 3. The molecule has 1 heterocycles. The van der Waals surface area contributed by atoms with Crippen LogP contribution in [0.2, 0.25) is 5.15 Å². The first-order chi connectivity index (χ1) is 5.74. The highest BCUT2D eigenvalue weighted by Crippen LogP contribution is 2.22. The molecule has 0 bridgehead atoms. The average molecular weight is 250 g/mol. The molecule has 0 radical (unpaired) electrons. The van der Waals surface area contributed by atoms with Gasteiger partial charge in [-0.2, -0.15) is 0 Å². The van der Waals surface area contributed by atoms with Crippen LogP contribution in [0.5, 0.6) is 0 Å². The predicted molar refractivity (Wildman–Crippen MR) is 50.0 cm³/mol. The molecular weight excluding hydrogens is 245 g/mol. The van der Waals surface area contributed by atoms with Crippen molar-refractivity contribution >= 4 is 39.7 Å². The number of halogens is 2. The molecule has 0 saturated heterocycles. The van der Waals surface area contributed by atoms with Gasteiger partial charge in [-0.1, -0.05) is 11.6 Å². The van der Waals surface area contributed by atoms with Gasteiger partial charge in [0.1, 0.15) is 11.5 Å². The van der Waals surface area contributed by atoms with E-state index in [2.05, 4.69) is 25.9 Å². The summed E-state index contributed by atoms with van der Waals surface area (Å²) in [5, 5.41) is 8.52. The molecule has 0 aliphatic carbocycles. The summed E-state index contributed by atoms with van der Waals surface area (Å²) in [5.41, 5.74) is 1.76. The fourth-order valence-corrected chi connectivity index (χ4v) is 0.945. The predicted octanol–water partition coefficient (Wildman–Crippen LogP) is 2.14. The Kier molecular flexibility index (Phi) is 3.46. The minimum absolute atomic E-state index is 0.336. The van der Waals surface area contributed by atoms with E-state index in [0.29, 0.717) is 15.4 Å². The van der Waals surface area contributed by atoms with Crippen LogP contribution in [0, 0.1) is 0 Å². The van der Waals surface area contributed by atoms with Crippen molar-refractivity contribution in [2.24, 2.45) is 4.99 Å². The van der Waals surface area contributed by atoms with Crippen molar-refractivity contribution < 1.29 is 5.21 Å². The maximum Gasteiger partial charge on any atom is 0.155 e. The average Bonchev–Trinajstić information content (AvgIpc) is 2.07. The van der Waals surface area contributed by atoms with E-state index in [1.807, 2.05) is 0 Å². The molecule has 1 aromatic heterocycles. The zero-order valence-electron chi connectivity index (χ0n) is 5.83. The van der Waals surface area contributed by atoms with E-state index in [1.165, 1.54) is 0 Å². The monoisotopic (exact) mass is 249 g/mol. The van der Waals surface area contributed by atoms with Gasteiger partial charge in [-0.3, -0.25) is 10.7 Å². The lowest BCUT2D eigenvalue weighted by Gasteiger charge is -1.95. The van der Waals surface area contributed by atoms with Crippen molar-refractivity contribution in [2.75, 3.05) is 0 Å². The summed E-state index contributed by atoms with van der Waals surface area (Å²) in [6.45, 7) is 0. The normalized spacial score (nSPS) is 10.6. The second-order valence-electron chi connectivity index (χ2n) is 1.83. The molecule has 0 aromatic carbocycles. The summed E-state index contributed by atoms with van der Waals surface area (Å²) in [4.78, 5) is 7.60. The number of nitrogens with zero attached hydrogens (tertiary/aromatic N) is 2. The van der Waals surface area contributed by atoms with E-state index < -0.39 is 0 Å². The molecule has 6 heteroatoms. The summed E-state index contributed by atoms with van der Waals surface area (Å²) < 4.78 is 0.708. The smallest absolute Gasteiger partial charge is 0.155 e. The van der Waals surface area contributed by atoms with E-state index in [-0.39, 0.29) is 0 Å². The van der Waals surface area contributed by atoms with Gasteiger partial charge in [0.25, 0.3) is 0 Å². The molecule has 0 spiro atoms. The molecule has 0 atom stereocenters. The molecule has 1 rings (SSSR count). The third-order valence-corrected chi connectivity index (χ3v) is 2.20. The van der Waals surface area contributed by atoms with E-state index >= 15 is 0 Å². The van der Waals surface area contributed by atoms with Crippen molar-refractivity contribution in [3.63, 3.8) is 0 Å². The summed E-state index contributed by atoms with van der Waals surface area (Å²) >= 11 is 8.86. The summed E-state index contributed by atoms with van der Waals surface area (Å²) in [6.07, 6.45) is 1.10. The number of rotatable bonds is 2. The molecular formula is C6H5BrClN3O. The third-order valence-electron chi connectivity index (χ3n) is 1.04. The van der Waals surface area contributed by atoms with Gasteiger partial charge in [0.2, 0.25) is 0 Å². The Balaban J connectivity index is 2.89. The fourth-order valence-electron chi connectivity index (χ4n) is 0.575. The molecule has 0 unspecified atom stereocenters. The molecule has 12 heavy (non-hydrogen) atoms. The van der Waals surface area contributed by atoms with Crippen molar-refractivity contribution in [3.8, 4) is 0 Å². The molecule has 0 aliphatic heterocycles. The quantitative estimate of drug-likeness (QED) is 0.366. The van der Waals surface area contributed by atoms with Crippen LogP contribution in [0.25, 0.3) is 0 Å². The van der Waals surface area contributed by atoms with E-state index in [4.69, 9.17) is 16.8 Å². The molecule has 0 amide bonds. The number of hydroxylamine groups is 1. The van der Waals surface area contributed by atoms with Crippen LogP contribution in [0.3, 0.4) is 0 Å². The van der Waals surface area contributed by atoms with Crippen LogP contribution in [-0.2, 0) is 0 Å². The highest BCUT2D eigenvalue weighted by molar-refractivity contribution is 9.10. The van der Waals surface area contributed by atoms with Crippen molar-refractivity contribution in [1.82, 2.24) is 10.5 Å². The molecule has 0 aliphatic rings. The highest BCUT2D eigenvalue weighted by Gasteiger charge is 1.97. The standard InChI is InChI=1S/C6H5BrClN3O/c7-4-1-2-5(9-3-10-12)11-6(4)8/h1-3,12H,(H,9,10,11). The van der Waals surface area contributed by atoms with Gasteiger partial charge in [-0.25, -0.2) is 9.98 Å². The maximum absolute atomic E-state index is 8.18. The van der Waals surface area contributed by atoms with E-state index in [9.17, 15) is 0 Å². The zero-order chi connectivity index (χ0) is 8.97. The molecule has 0 fully saturated rings. The Bertz CT molecular complexity index is 305. The van der Waals surface area contributed by atoms with Crippen LogP contribution < -0.4 is 5.48 Å². The van der Waals surface area contributed by atoms with Gasteiger partial charge in [0.05, 0.1) is 4.47 Å². The topological polar surface area (TPSA) is 57.5 Å². The molecule has 2 N–H and O–H groups in total. The lowest BCUT2D eigenvalue weighted by molar-refractivity contribution is 0.240. The van der Waals surface area contributed by atoms with Crippen LogP contribution in [0.1, 0.15) is 0 Å². The first kappa shape index (κ1) is 9.44. The molecule has 4 nitrogen and oxygen atoms in total. The number of aliphatic imine (C=N–C) groups is 1. The lowest BCUT2D eigenvalue weighted by Crippen LogP contribution is -2.01. The van der Waals surface area contributed by atoms with Crippen LogP contribution >= 0.6 is 27.5 Å². The largest absolute Gasteiger partial charge is 0.290 e. The SMILES string of the molecule is ONC=Nc1ccc(Br)c(Cl)n1. The van der Waals surface area contributed by atoms with Gasteiger partial charge in [0.15, 0.2) is 5.82 Å². The van der Waals surface area contributed by atoms with E-state index in [0.717, 1.165) is 6.34 Å². The summed E-state index contributed by atoms with van der Waals surface area (Å²) in [7, 11) is 0. The second-order valence-corrected chi connectivity index (χ2v) is 3.04. The van der Waals surface area contributed by atoms with Gasteiger partial charge >= 0.3 is 0 Å². The molecule has 0 saturated carbocycles. The maximum atomic E-state index is 8.18. The van der Waals surface area contributed by atoms with Crippen LogP contribution in [0.4, 0.5) is 5.82 Å². The van der Waals surface area contributed by atoms with Crippen LogP contribution in [-0.4, -0.2) is 16.5 Å². The second kappa shape index (κ2) is 4.39. The Morgan fingerprint density at radius 1 is 1.67 bits per heavy atom. The van der Waals surface area contributed by atoms with Crippen LogP contribution in [0.15, 0.2) is 21.6 Å². The van der Waals surface area contributed by atoms with Gasteiger partial charge < -0.3 is 0 Å².